The minimum Gasteiger partial charge on any atom is -0.316 e. The van der Waals surface area contributed by atoms with Crippen LogP contribution in [0.4, 0.5) is 13.2 Å². The predicted octanol–water partition coefficient (Wildman–Crippen LogP) is 2.79. The van der Waals surface area contributed by atoms with Gasteiger partial charge in [-0.3, -0.25) is 4.90 Å². The molecule has 0 aromatic rings. The van der Waals surface area contributed by atoms with Gasteiger partial charge < -0.3 is 5.32 Å². The van der Waals surface area contributed by atoms with E-state index in [-0.39, 0.29) is 0 Å². The van der Waals surface area contributed by atoms with Crippen LogP contribution < -0.4 is 5.32 Å². The second-order valence-electron chi connectivity index (χ2n) is 5.67. The fraction of sp³-hybridized carbons (Fsp3) is 1.00. The highest BCUT2D eigenvalue weighted by molar-refractivity contribution is 4.86. The molecule has 1 heterocycles. The van der Waals surface area contributed by atoms with Crippen LogP contribution in [0.3, 0.4) is 0 Å². The molecule has 5 heteroatoms. The Morgan fingerprint density at radius 3 is 2.28 bits per heavy atom. The summed E-state index contributed by atoms with van der Waals surface area (Å²) in [6.07, 6.45) is 0.404. The maximum Gasteiger partial charge on any atom is 0.391 e. The van der Waals surface area contributed by atoms with Gasteiger partial charge in [-0.25, -0.2) is 0 Å². The summed E-state index contributed by atoms with van der Waals surface area (Å²) in [7, 11) is 1.97. The molecule has 0 spiro atoms. The van der Waals surface area contributed by atoms with Gasteiger partial charge in [0.1, 0.15) is 0 Å². The highest BCUT2D eigenvalue weighted by atomic mass is 19.4. The Morgan fingerprint density at radius 2 is 1.72 bits per heavy atom. The van der Waals surface area contributed by atoms with Gasteiger partial charge in [-0.1, -0.05) is 0 Å². The van der Waals surface area contributed by atoms with Gasteiger partial charge >= 0.3 is 6.18 Å². The first-order chi connectivity index (χ1) is 8.50. The second-order valence-corrected chi connectivity index (χ2v) is 5.67. The zero-order valence-electron chi connectivity index (χ0n) is 11.0. The Bertz CT molecular complexity index is 259. The van der Waals surface area contributed by atoms with Gasteiger partial charge in [0.15, 0.2) is 0 Å². The standard InChI is InChI=1S/C13H23F3N2/c1-17-11-3-2-8-18(9-11)12-6-4-10(5-7-12)13(14,15)16/h10-12,17H,2-9H2,1H3. The molecule has 0 aromatic carbocycles. The molecule has 1 aliphatic heterocycles. The lowest BCUT2D eigenvalue weighted by molar-refractivity contribution is -0.184. The third kappa shape index (κ3) is 3.38. The number of likely N-dealkylation sites (tertiary alicyclic amines) is 1. The largest absolute Gasteiger partial charge is 0.391 e. The number of nitrogens with one attached hydrogen (secondary N) is 1. The maximum absolute atomic E-state index is 12.6. The summed E-state index contributed by atoms with van der Waals surface area (Å²) < 4.78 is 37.8. The van der Waals surface area contributed by atoms with Crippen molar-refractivity contribution in [3.8, 4) is 0 Å². The topological polar surface area (TPSA) is 15.3 Å². The lowest BCUT2D eigenvalue weighted by atomic mass is 9.84. The first-order valence-electron chi connectivity index (χ1n) is 6.98. The molecule has 106 valence electrons. The number of piperidine rings is 1. The molecular weight excluding hydrogens is 241 g/mol. The highest BCUT2D eigenvalue weighted by Crippen LogP contribution is 2.39. The Hall–Kier alpha value is -0.290. The van der Waals surface area contributed by atoms with Crippen LogP contribution >= 0.6 is 0 Å². The van der Waals surface area contributed by atoms with E-state index in [2.05, 4.69) is 10.2 Å². The number of rotatable bonds is 2. The summed E-state index contributed by atoms with van der Waals surface area (Å²) in [6.45, 7) is 2.05. The number of hydrogen-bond donors (Lipinski definition) is 1. The van der Waals surface area contributed by atoms with Gasteiger partial charge in [-0.2, -0.15) is 13.2 Å². The van der Waals surface area contributed by atoms with Crippen LogP contribution in [0.1, 0.15) is 38.5 Å². The van der Waals surface area contributed by atoms with Crippen molar-refractivity contribution in [2.75, 3.05) is 20.1 Å². The van der Waals surface area contributed by atoms with Crippen molar-refractivity contribution in [2.24, 2.45) is 5.92 Å². The van der Waals surface area contributed by atoms with Gasteiger partial charge in [-0.15, -0.1) is 0 Å². The van der Waals surface area contributed by atoms with E-state index < -0.39 is 12.1 Å². The van der Waals surface area contributed by atoms with Gasteiger partial charge in [0, 0.05) is 18.6 Å². The van der Waals surface area contributed by atoms with Gasteiger partial charge in [0.05, 0.1) is 5.92 Å². The molecule has 0 aromatic heterocycles. The van der Waals surface area contributed by atoms with Crippen molar-refractivity contribution in [1.82, 2.24) is 10.2 Å². The smallest absolute Gasteiger partial charge is 0.316 e. The maximum atomic E-state index is 12.6. The van der Waals surface area contributed by atoms with E-state index in [1.165, 1.54) is 6.42 Å². The van der Waals surface area contributed by atoms with E-state index in [0.29, 0.717) is 37.8 Å². The zero-order valence-corrected chi connectivity index (χ0v) is 11.0. The molecule has 2 fully saturated rings. The first-order valence-corrected chi connectivity index (χ1v) is 6.98. The fourth-order valence-corrected chi connectivity index (χ4v) is 3.34. The highest BCUT2D eigenvalue weighted by Gasteiger charge is 2.42. The zero-order chi connectivity index (χ0) is 13.2. The Kier molecular flexibility index (Phi) is 4.54. The molecule has 0 amide bonds. The summed E-state index contributed by atoms with van der Waals surface area (Å²) in [6, 6.07) is 0.888. The molecule has 1 N–H and O–H groups in total. The van der Waals surface area contributed by atoms with Crippen LogP contribution in [0.15, 0.2) is 0 Å². The van der Waals surface area contributed by atoms with E-state index >= 15 is 0 Å². The average Bonchev–Trinajstić information content (AvgIpc) is 2.38. The van der Waals surface area contributed by atoms with E-state index in [4.69, 9.17) is 0 Å². The summed E-state index contributed by atoms with van der Waals surface area (Å²) in [5, 5.41) is 3.28. The Labute approximate surface area is 107 Å². The minimum atomic E-state index is -3.99. The molecule has 1 atom stereocenters. The molecule has 0 radical (unpaired) electrons. The minimum absolute atomic E-state index is 0.314. The number of alkyl halides is 3. The van der Waals surface area contributed by atoms with Crippen molar-refractivity contribution >= 4 is 0 Å². The number of nitrogens with zero attached hydrogens (tertiary/aromatic N) is 1. The Balaban J connectivity index is 1.82. The predicted molar refractivity (Wildman–Crippen MR) is 65.5 cm³/mol. The molecule has 1 saturated heterocycles. The molecule has 2 aliphatic rings. The van der Waals surface area contributed by atoms with Crippen LogP contribution in [0.2, 0.25) is 0 Å². The molecule has 0 bridgehead atoms. The first kappa shape index (κ1) is 14.1. The summed E-state index contributed by atoms with van der Waals surface area (Å²) in [4.78, 5) is 2.40. The van der Waals surface area contributed by atoms with Gasteiger partial charge in [-0.05, 0) is 52.1 Å². The second kappa shape index (κ2) is 5.78. The quantitative estimate of drug-likeness (QED) is 0.825. The van der Waals surface area contributed by atoms with E-state index in [1.807, 2.05) is 7.05 Å². The fourth-order valence-electron chi connectivity index (χ4n) is 3.34. The molecule has 2 rings (SSSR count). The third-order valence-corrected chi connectivity index (χ3v) is 4.54. The third-order valence-electron chi connectivity index (χ3n) is 4.54. The van der Waals surface area contributed by atoms with Crippen molar-refractivity contribution in [2.45, 2.75) is 56.8 Å². The summed E-state index contributed by atoms with van der Waals surface area (Å²) in [5.41, 5.74) is 0. The average molecular weight is 264 g/mol. The monoisotopic (exact) mass is 264 g/mol. The molecular formula is C13H23F3N2. The number of hydrogen-bond acceptors (Lipinski definition) is 2. The van der Waals surface area contributed by atoms with Gasteiger partial charge in [0.25, 0.3) is 0 Å². The van der Waals surface area contributed by atoms with Crippen LogP contribution in [0.5, 0.6) is 0 Å². The summed E-state index contributed by atoms with van der Waals surface area (Å²) in [5.74, 6) is -1.06. The van der Waals surface area contributed by atoms with E-state index in [9.17, 15) is 13.2 Å². The van der Waals surface area contributed by atoms with E-state index in [1.54, 1.807) is 0 Å². The lowest BCUT2D eigenvalue weighted by Crippen LogP contribution is -2.50. The van der Waals surface area contributed by atoms with Gasteiger partial charge in [0.2, 0.25) is 0 Å². The van der Waals surface area contributed by atoms with Crippen molar-refractivity contribution in [3.05, 3.63) is 0 Å². The molecule has 1 aliphatic carbocycles. The van der Waals surface area contributed by atoms with Crippen LogP contribution in [0, 0.1) is 5.92 Å². The van der Waals surface area contributed by atoms with Crippen LogP contribution in [-0.4, -0.2) is 43.3 Å². The Morgan fingerprint density at radius 1 is 1.06 bits per heavy atom. The van der Waals surface area contributed by atoms with Crippen LogP contribution in [0.25, 0.3) is 0 Å². The van der Waals surface area contributed by atoms with Crippen LogP contribution in [-0.2, 0) is 0 Å². The molecule has 18 heavy (non-hydrogen) atoms. The SMILES string of the molecule is CNC1CCCN(C2CCC(C(F)(F)F)CC2)C1. The molecule has 1 saturated carbocycles. The molecule has 2 nitrogen and oxygen atoms in total. The van der Waals surface area contributed by atoms with Crippen molar-refractivity contribution < 1.29 is 13.2 Å². The molecule has 1 unspecified atom stereocenters. The lowest BCUT2D eigenvalue weighted by Gasteiger charge is -2.41. The van der Waals surface area contributed by atoms with Crippen molar-refractivity contribution in [3.63, 3.8) is 0 Å². The number of halogens is 3. The van der Waals surface area contributed by atoms with Crippen molar-refractivity contribution in [1.29, 1.82) is 0 Å². The van der Waals surface area contributed by atoms with E-state index in [0.717, 1.165) is 19.5 Å². The number of likely N-dealkylation sites (N-methyl/N-ethyl adjacent to an activating group) is 1. The summed E-state index contributed by atoms with van der Waals surface area (Å²) >= 11 is 0. The normalized spacial score (nSPS) is 35.7.